The van der Waals surface area contributed by atoms with Crippen LogP contribution in [0.4, 0.5) is 0 Å². The zero-order valence-corrected chi connectivity index (χ0v) is 12.3. The standard InChI is InChI=1S/C14H27N3O/c1-6-9-17-11-12(10-16-17)14(5,18)7-8-15-13(2,3)4/h10-11,15,18H,6-9H2,1-5H3. The van der Waals surface area contributed by atoms with Crippen LogP contribution in [0.2, 0.25) is 0 Å². The zero-order valence-electron chi connectivity index (χ0n) is 12.3. The van der Waals surface area contributed by atoms with Gasteiger partial charge in [-0.2, -0.15) is 5.10 Å². The molecule has 0 aromatic carbocycles. The largest absolute Gasteiger partial charge is 0.385 e. The summed E-state index contributed by atoms with van der Waals surface area (Å²) in [5.41, 5.74) is 0.166. The number of hydrogen-bond donors (Lipinski definition) is 2. The first-order chi connectivity index (χ1) is 8.24. The van der Waals surface area contributed by atoms with Crippen LogP contribution >= 0.6 is 0 Å². The van der Waals surface area contributed by atoms with Crippen LogP contribution in [0.1, 0.15) is 53.0 Å². The molecule has 0 aliphatic rings. The molecule has 1 unspecified atom stereocenters. The van der Waals surface area contributed by atoms with E-state index < -0.39 is 5.60 Å². The number of aryl methyl sites for hydroxylation is 1. The fraction of sp³-hybridized carbons (Fsp3) is 0.786. The van der Waals surface area contributed by atoms with Gasteiger partial charge in [-0.3, -0.25) is 4.68 Å². The average molecular weight is 253 g/mol. The summed E-state index contributed by atoms with van der Waals surface area (Å²) >= 11 is 0. The number of hydrogen-bond acceptors (Lipinski definition) is 3. The maximum atomic E-state index is 10.5. The summed E-state index contributed by atoms with van der Waals surface area (Å²) in [6.07, 6.45) is 5.45. The summed E-state index contributed by atoms with van der Waals surface area (Å²) in [6, 6.07) is 0. The van der Waals surface area contributed by atoms with Gasteiger partial charge in [0.1, 0.15) is 0 Å². The first-order valence-electron chi connectivity index (χ1n) is 6.75. The molecule has 18 heavy (non-hydrogen) atoms. The minimum atomic E-state index is -0.815. The number of nitrogens with zero attached hydrogens (tertiary/aromatic N) is 2. The molecule has 104 valence electrons. The molecule has 4 nitrogen and oxygen atoms in total. The van der Waals surface area contributed by atoms with Crippen LogP contribution in [-0.2, 0) is 12.1 Å². The lowest BCUT2D eigenvalue weighted by Gasteiger charge is -2.26. The van der Waals surface area contributed by atoms with Gasteiger partial charge in [-0.15, -0.1) is 0 Å². The van der Waals surface area contributed by atoms with Crippen molar-refractivity contribution in [1.82, 2.24) is 15.1 Å². The maximum Gasteiger partial charge on any atom is 0.0911 e. The molecule has 0 bridgehead atoms. The number of rotatable bonds is 6. The SMILES string of the molecule is CCCn1cc(C(C)(O)CCNC(C)(C)C)cn1. The van der Waals surface area contributed by atoms with Crippen LogP contribution in [0.5, 0.6) is 0 Å². The smallest absolute Gasteiger partial charge is 0.0911 e. The quantitative estimate of drug-likeness (QED) is 0.817. The molecule has 0 saturated carbocycles. The van der Waals surface area contributed by atoms with Crippen molar-refractivity contribution in [2.45, 2.75) is 65.1 Å². The van der Waals surface area contributed by atoms with Crippen LogP contribution in [-0.4, -0.2) is 27.0 Å². The van der Waals surface area contributed by atoms with E-state index in [0.717, 1.165) is 25.1 Å². The van der Waals surface area contributed by atoms with Gasteiger partial charge in [0.2, 0.25) is 0 Å². The van der Waals surface area contributed by atoms with Gasteiger partial charge < -0.3 is 10.4 Å². The zero-order chi connectivity index (χ0) is 13.8. The Bertz CT molecular complexity index is 363. The van der Waals surface area contributed by atoms with E-state index in [0.29, 0.717) is 6.42 Å². The molecule has 1 aromatic rings. The maximum absolute atomic E-state index is 10.5. The molecule has 0 fully saturated rings. The fourth-order valence-electron chi connectivity index (χ4n) is 1.82. The van der Waals surface area contributed by atoms with Gasteiger partial charge in [-0.25, -0.2) is 0 Å². The predicted octanol–water partition coefficient (Wildman–Crippen LogP) is 2.28. The first kappa shape index (κ1) is 15.2. The van der Waals surface area contributed by atoms with Crippen LogP contribution < -0.4 is 5.32 Å². The van der Waals surface area contributed by atoms with Crippen molar-refractivity contribution >= 4 is 0 Å². The monoisotopic (exact) mass is 253 g/mol. The summed E-state index contributed by atoms with van der Waals surface area (Å²) in [6.45, 7) is 12.0. The average Bonchev–Trinajstić information content (AvgIpc) is 2.65. The molecule has 0 saturated heterocycles. The van der Waals surface area contributed by atoms with Crippen molar-refractivity contribution in [2.75, 3.05) is 6.54 Å². The summed E-state index contributed by atoms with van der Waals surface area (Å²) in [7, 11) is 0. The summed E-state index contributed by atoms with van der Waals surface area (Å²) in [5, 5.41) is 18.1. The molecule has 0 aliphatic heterocycles. The van der Waals surface area contributed by atoms with Crippen molar-refractivity contribution in [3.63, 3.8) is 0 Å². The minimum absolute atomic E-state index is 0.0858. The van der Waals surface area contributed by atoms with Gasteiger partial charge in [0.15, 0.2) is 0 Å². The van der Waals surface area contributed by atoms with E-state index in [1.165, 1.54) is 0 Å². The Labute approximate surface area is 110 Å². The van der Waals surface area contributed by atoms with Gasteiger partial charge in [0, 0.05) is 23.8 Å². The van der Waals surface area contributed by atoms with Crippen LogP contribution in [0.25, 0.3) is 0 Å². The molecule has 0 spiro atoms. The molecular formula is C14H27N3O. The van der Waals surface area contributed by atoms with Crippen LogP contribution in [0, 0.1) is 0 Å². The highest BCUT2D eigenvalue weighted by molar-refractivity contribution is 5.13. The summed E-state index contributed by atoms with van der Waals surface area (Å²) in [4.78, 5) is 0. The molecule has 0 radical (unpaired) electrons. The number of nitrogens with one attached hydrogen (secondary N) is 1. The Hall–Kier alpha value is -0.870. The minimum Gasteiger partial charge on any atom is -0.385 e. The second-order valence-corrected chi connectivity index (χ2v) is 6.19. The van der Waals surface area contributed by atoms with Crippen molar-refractivity contribution < 1.29 is 5.11 Å². The van der Waals surface area contributed by atoms with E-state index in [4.69, 9.17) is 0 Å². The van der Waals surface area contributed by atoms with Gasteiger partial charge in [0.25, 0.3) is 0 Å². The lowest BCUT2D eigenvalue weighted by atomic mass is 9.95. The van der Waals surface area contributed by atoms with E-state index >= 15 is 0 Å². The third-order valence-corrected chi connectivity index (χ3v) is 2.97. The highest BCUT2D eigenvalue weighted by Gasteiger charge is 2.25. The topological polar surface area (TPSA) is 50.1 Å². The molecule has 2 N–H and O–H groups in total. The third kappa shape index (κ3) is 4.78. The Kier molecular flexibility index (Phi) is 4.93. The Morgan fingerprint density at radius 3 is 2.56 bits per heavy atom. The lowest BCUT2D eigenvalue weighted by molar-refractivity contribution is 0.0463. The Morgan fingerprint density at radius 1 is 1.33 bits per heavy atom. The predicted molar refractivity (Wildman–Crippen MR) is 74.5 cm³/mol. The summed E-state index contributed by atoms with van der Waals surface area (Å²) < 4.78 is 1.89. The first-order valence-corrected chi connectivity index (χ1v) is 6.75. The van der Waals surface area contributed by atoms with Gasteiger partial charge in [-0.1, -0.05) is 6.92 Å². The van der Waals surface area contributed by atoms with Gasteiger partial charge in [-0.05, 0) is 47.1 Å². The van der Waals surface area contributed by atoms with Crippen molar-refractivity contribution in [3.8, 4) is 0 Å². The van der Waals surface area contributed by atoms with Crippen molar-refractivity contribution in [1.29, 1.82) is 0 Å². The van der Waals surface area contributed by atoms with E-state index in [1.54, 1.807) is 6.20 Å². The van der Waals surface area contributed by atoms with Crippen LogP contribution in [0.3, 0.4) is 0 Å². The van der Waals surface area contributed by atoms with E-state index in [-0.39, 0.29) is 5.54 Å². The number of aromatic nitrogens is 2. The Balaban J connectivity index is 2.56. The molecule has 1 atom stereocenters. The molecule has 0 aliphatic carbocycles. The Morgan fingerprint density at radius 2 is 2.00 bits per heavy atom. The second-order valence-electron chi connectivity index (χ2n) is 6.19. The molecule has 1 heterocycles. The van der Waals surface area contributed by atoms with E-state index in [1.807, 2.05) is 17.8 Å². The third-order valence-electron chi connectivity index (χ3n) is 2.97. The fourth-order valence-corrected chi connectivity index (χ4v) is 1.82. The van der Waals surface area contributed by atoms with Gasteiger partial charge in [0.05, 0.1) is 11.8 Å². The molecule has 0 amide bonds. The molecule has 1 rings (SSSR count). The normalized spacial score (nSPS) is 15.7. The lowest BCUT2D eigenvalue weighted by Crippen LogP contribution is -2.39. The highest BCUT2D eigenvalue weighted by atomic mass is 16.3. The van der Waals surface area contributed by atoms with Crippen molar-refractivity contribution in [3.05, 3.63) is 18.0 Å². The highest BCUT2D eigenvalue weighted by Crippen LogP contribution is 2.23. The summed E-state index contributed by atoms with van der Waals surface area (Å²) in [5.74, 6) is 0. The molecule has 1 aromatic heterocycles. The van der Waals surface area contributed by atoms with Crippen molar-refractivity contribution in [2.24, 2.45) is 0 Å². The van der Waals surface area contributed by atoms with E-state index in [9.17, 15) is 5.11 Å². The van der Waals surface area contributed by atoms with Gasteiger partial charge >= 0.3 is 0 Å². The second kappa shape index (κ2) is 5.85. The molecule has 4 heteroatoms. The molecular weight excluding hydrogens is 226 g/mol. The number of aliphatic hydroxyl groups is 1. The van der Waals surface area contributed by atoms with Crippen LogP contribution in [0.15, 0.2) is 12.4 Å². The van der Waals surface area contributed by atoms with E-state index in [2.05, 4.69) is 38.1 Å².